The number of para-hydroxylation sites is 1. The summed E-state index contributed by atoms with van der Waals surface area (Å²) in [6, 6.07) is 15.3. The van der Waals surface area contributed by atoms with E-state index in [4.69, 9.17) is 0 Å². The lowest BCUT2D eigenvalue weighted by Gasteiger charge is -2.42. The second-order valence-corrected chi connectivity index (χ2v) is 7.18. The molecule has 2 aliphatic heterocycles. The average molecular weight is 333 g/mol. The number of nitrogens with one attached hydrogen (secondary N) is 1. The smallest absolute Gasteiger partial charge is 0.270 e. The average Bonchev–Trinajstić information content (AvgIpc) is 3.06. The van der Waals surface area contributed by atoms with E-state index in [0.29, 0.717) is 31.2 Å². The maximum Gasteiger partial charge on any atom is 0.270 e. The molecule has 1 fully saturated rings. The summed E-state index contributed by atoms with van der Waals surface area (Å²) in [5.74, 6) is 0.645. The van der Waals surface area contributed by atoms with Crippen LogP contribution in [0.3, 0.4) is 0 Å². The molecule has 1 saturated heterocycles. The van der Waals surface area contributed by atoms with Crippen molar-refractivity contribution in [1.29, 1.82) is 0 Å². The van der Waals surface area contributed by atoms with Crippen molar-refractivity contribution in [2.75, 3.05) is 13.1 Å². The molecule has 3 aromatic rings. The topological polar surface area (TPSA) is 58.1 Å². The molecule has 5 heteroatoms. The molecular formula is C20H19N3O2. The van der Waals surface area contributed by atoms with Gasteiger partial charge >= 0.3 is 0 Å². The van der Waals surface area contributed by atoms with Crippen molar-refractivity contribution in [3.63, 3.8) is 0 Å². The number of amides is 1. The molecular weight excluding hydrogens is 314 g/mol. The highest BCUT2D eigenvalue weighted by Gasteiger charge is 2.36. The Balaban J connectivity index is 1.46. The fourth-order valence-corrected chi connectivity index (χ4v) is 4.42. The molecule has 5 rings (SSSR count). The SMILES string of the molecule is O=C(c1cc2ccccc2[nH]1)N1C[C@H]2C[C@@H](C1)c1cccc(=O)n1C2. The van der Waals surface area contributed by atoms with E-state index in [-0.39, 0.29) is 17.4 Å². The van der Waals surface area contributed by atoms with Crippen LogP contribution in [0.5, 0.6) is 0 Å². The van der Waals surface area contributed by atoms with Gasteiger partial charge in [0.15, 0.2) is 0 Å². The maximum absolute atomic E-state index is 13.0. The van der Waals surface area contributed by atoms with Crippen molar-refractivity contribution in [1.82, 2.24) is 14.5 Å². The number of benzene rings is 1. The summed E-state index contributed by atoms with van der Waals surface area (Å²) < 4.78 is 1.89. The Morgan fingerprint density at radius 1 is 1.04 bits per heavy atom. The van der Waals surface area contributed by atoms with E-state index in [1.165, 1.54) is 0 Å². The zero-order valence-corrected chi connectivity index (χ0v) is 13.8. The van der Waals surface area contributed by atoms with Gasteiger partial charge in [0.2, 0.25) is 0 Å². The number of aromatic nitrogens is 2. The monoisotopic (exact) mass is 333 g/mol. The van der Waals surface area contributed by atoms with Gasteiger partial charge < -0.3 is 14.5 Å². The molecule has 1 N–H and O–H groups in total. The van der Waals surface area contributed by atoms with Crippen molar-refractivity contribution in [2.45, 2.75) is 18.9 Å². The fourth-order valence-electron chi connectivity index (χ4n) is 4.42. The third-order valence-electron chi connectivity index (χ3n) is 5.53. The summed E-state index contributed by atoms with van der Waals surface area (Å²) in [6.45, 7) is 2.10. The van der Waals surface area contributed by atoms with Gasteiger partial charge in [-0.1, -0.05) is 24.3 Å². The number of aromatic amines is 1. The highest BCUT2D eigenvalue weighted by atomic mass is 16.2. The molecule has 0 unspecified atom stereocenters. The molecule has 126 valence electrons. The highest BCUT2D eigenvalue weighted by molar-refractivity contribution is 5.98. The second kappa shape index (κ2) is 5.34. The van der Waals surface area contributed by atoms with Gasteiger partial charge in [0.05, 0.1) is 0 Å². The summed E-state index contributed by atoms with van der Waals surface area (Å²) in [6.07, 6.45) is 1.06. The van der Waals surface area contributed by atoms with Gasteiger partial charge in [-0.05, 0) is 30.5 Å². The predicted octanol–water partition coefficient (Wildman–Crippen LogP) is 2.59. The molecule has 0 radical (unpaired) electrons. The second-order valence-electron chi connectivity index (χ2n) is 7.18. The quantitative estimate of drug-likeness (QED) is 0.744. The van der Waals surface area contributed by atoms with E-state index < -0.39 is 0 Å². The van der Waals surface area contributed by atoms with Gasteiger partial charge in [0.1, 0.15) is 5.69 Å². The van der Waals surface area contributed by atoms with Crippen LogP contribution in [0.25, 0.3) is 10.9 Å². The number of carbonyl (C=O) groups is 1. The first-order chi connectivity index (χ1) is 12.2. The van der Waals surface area contributed by atoms with Gasteiger partial charge in [-0.15, -0.1) is 0 Å². The van der Waals surface area contributed by atoms with Crippen LogP contribution in [0.15, 0.2) is 53.3 Å². The van der Waals surface area contributed by atoms with E-state index in [1.807, 2.05) is 51.9 Å². The number of carbonyl (C=O) groups excluding carboxylic acids is 1. The van der Waals surface area contributed by atoms with E-state index in [9.17, 15) is 9.59 Å². The van der Waals surface area contributed by atoms with Gasteiger partial charge in [-0.2, -0.15) is 0 Å². The molecule has 1 amide bonds. The van der Waals surface area contributed by atoms with E-state index in [2.05, 4.69) is 4.98 Å². The zero-order chi connectivity index (χ0) is 17.0. The summed E-state index contributed by atoms with van der Waals surface area (Å²) in [4.78, 5) is 30.3. The van der Waals surface area contributed by atoms with Gasteiger partial charge in [0.25, 0.3) is 11.5 Å². The summed E-state index contributed by atoms with van der Waals surface area (Å²) in [5.41, 5.74) is 2.77. The van der Waals surface area contributed by atoms with Crippen LogP contribution in [0.2, 0.25) is 0 Å². The van der Waals surface area contributed by atoms with Crippen LogP contribution in [0.4, 0.5) is 0 Å². The van der Waals surface area contributed by atoms with Crippen molar-refractivity contribution >= 4 is 16.8 Å². The fraction of sp³-hybridized carbons (Fsp3) is 0.300. The van der Waals surface area contributed by atoms with Crippen LogP contribution in [-0.2, 0) is 6.54 Å². The summed E-state index contributed by atoms with van der Waals surface area (Å²) in [7, 11) is 0. The third-order valence-corrected chi connectivity index (χ3v) is 5.53. The zero-order valence-electron chi connectivity index (χ0n) is 13.8. The van der Waals surface area contributed by atoms with Gasteiger partial charge in [-0.25, -0.2) is 0 Å². The lowest BCUT2D eigenvalue weighted by Crippen LogP contribution is -2.49. The lowest BCUT2D eigenvalue weighted by atomic mass is 9.83. The van der Waals surface area contributed by atoms with Crippen molar-refractivity contribution in [2.24, 2.45) is 5.92 Å². The molecule has 2 aromatic heterocycles. The minimum atomic E-state index is 0.0534. The standard InChI is InChI=1S/C20H19N3O2/c24-19-7-3-6-18-15-8-13(11-23(18)19)10-22(12-15)20(25)17-9-14-4-1-2-5-16(14)21-17/h1-7,9,13,15,21H,8,10-12H2/t13-,15+/m1/s1. The molecule has 0 spiro atoms. The number of H-pyrrole nitrogens is 1. The lowest BCUT2D eigenvalue weighted by molar-refractivity contribution is 0.0589. The van der Waals surface area contributed by atoms with Crippen molar-refractivity contribution in [3.8, 4) is 0 Å². The largest absolute Gasteiger partial charge is 0.351 e. The number of likely N-dealkylation sites (tertiary alicyclic amines) is 1. The minimum Gasteiger partial charge on any atom is -0.351 e. The molecule has 25 heavy (non-hydrogen) atoms. The number of hydrogen-bond acceptors (Lipinski definition) is 2. The Labute approximate surface area is 144 Å². The minimum absolute atomic E-state index is 0.0534. The molecule has 0 saturated carbocycles. The summed E-state index contributed by atoms with van der Waals surface area (Å²) >= 11 is 0. The van der Waals surface area contributed by atoms with E-state index in [0.717, 1.165) is 23.0 Å². The molecule has 5 nitrogen and oxygen atoms in total. The van der Waals surface area contributed by atoms with Crippen LogP contribution >= 0.6 is 0 Å². The van der Waals surface area contributed by atoms with Crippen LogP contribution in [0.1, 0.15) is 28.5 Å². The van der Waals surface area contributed by atoms with Gasteiger partial charge in [0, 0.05) is 48.2 Å². The van der Waals surface area contributed by atoms with Crippen LogP contribution < -0.4 is 5.56 Å². The summed E-state index contributed by atoms with van der Waals surface area (Å²) in [5, 5.41) is 1.06. The van der Waals surface area contributed by atoms with E-state index in [1.54, 1.807) is 6.07 Å². The molecule has 2 bridgehead atoms. The maximum atomic E-state index is 13.0. The number of rotatable bonds is 1. The first-order valence-corrected chi connectivity index (χ1v) is 8.76. The Morgan fingerprint density at radius 2 is 1.92 bits per heavy atom. The van der Waals surface area contributed by atoms with Gasteiger partial charge in [-0.3, -0.25) is 9.59 Å². The molecule has 2 aliphatic rings. The Morgan fingerprint density at radius 3 is 2.80 bits per heavy atom. The Bertz CT molecular complexity index is 1000. The van der Waals surface area contributed by atoms with Crippen LogP contribution in [-0.4, -0.2) is 33.4 Å². The normalized spacial score (nSPS) is 22.0. The highest BCUT2D eigenvalue weighted by Crippen LogP contribution is 2.35. The molecule has 2 atom stereocenters. The molecule has 1 aromatic carbocycles. The predicted molar refractivity (Wildman–Crippen MR) is 95.8 cm³/mol. The Kier molecular flexibility index (Phi) is 3.10. The first-order valence-electron chi connectivity index (χ1n) is 8.76. The van der Waals surface area contributed by atoms with Crippen LogP contribution in [0, 0.1) is 5.92 Å². The number of pyridine rings is 1. The van der Waals surface area contributed by atoms with Crippen molar-refractivity contribution < 1.29 is 4.79 Å². The van der Waals surface area contributed by atoms with Crippen molar-refractivity contribution in [3.05, 3.63) is 70.3 Å². The number of fused-ring (bicyclic) bond motifs is 5. The number of piperidine rings is 1. The Hall–Kier alpha value is -2.82. The first kappa shape index (κ1) is 14.5. The number of hydrogen-bond donors (Lipinski definition) is 1. The van der Waals surface area contributed by atoms with E-state index >= 15 is 0 Å². The molecule has 0 aliphatic carbocycles. The third kappa shape index (κ3) is 2.30. The number of nitrogens with zero attached hydrogens (tertiary/aromatic N) is 2. The molecule has 4 heterocycles.